The summed E-state index contributed by atoms with van der Waals surface area (Å²) >= 11 is 1.97. The highest BCUT2D eigenvalue weighted by molar-refractivity contribution is 8.14. The molecule has 0 unspecified atom stereocenters. The maximum atomic E-state index is 4.80. The fourth-order valence-corrected chi connectivity index (χ4v) is 3.61. The molecule has 1 aliphatic heterocycles. The van der Waals surface area contributed by atoms with E-state index >= 15 is 0 Å². The van der Waals surface area contributed by atoms with Gasteiger partial charge in [-0.2, -0.15) is 0 Å². The summed E-state index contributed by atoms with van der Waals surface area (Å²) in [7, 11) is 0. The third-order valence-electron chi connectivity index (χ3n) is 3.03. The third kappa shape index (κ3) is 1.40. The molecular weight excluding hydrogens is 192 g/mol. The van der Waals surface area contributed by atoms with Crippen molar-refractivity contribution in [3.8, 4) is 0 Å². The number of hydrogen-bond donors (Lipinski definition) is 0. The van der Waals surface area contributed by atoms with Crippen LogP contribution in [-0.2, 0) is 0 Å². The molecule has 0 radical (unpaired) electrons. The SMILES string of the molecule is c1ccn(C2=N[C@@H]3CCCC[C@H]3S2)c1. The van der Waals surface area contributed by atoms with Crippen molar-refractivity contribution < 1.29 is 0 Å². The van der Waals surface area contributed by atoms with Gasteiger partial charge in [-0.05, 0) is 25.0 Å². The largest absolute Gasteiger partial charge is 0.303 e. The number of rotatable bonds is 0. The Kier molecular flexibility index (Phi) is 2.13. The van der Waals surface area contributed by atoms with Crippen molar-refractivity contribution in [2.45, 2.75) is 37.0 Å². The molecule has 3 rings (SSSR count). The normalized spacial score (nSPS) is 31.3. The van der Waals surface area contributed by atoms with Crippen molar-refractivity contribution in [2.75, 3.05) is 0 Å². The fourth-order valence-electron chi connectivity index (χ4n) is 2.26. The van der Waals surface area contributed by atoms with Crippen molar-refractivity contribution in [3.05, 3.63) is 24.5 Å². The van der Waals surface area contributed by atoms with Gasteiger partial charge < -0.3 is 4.57 Å². The summed E-state index contributed by atoms with van der Waals surface area (Å²) in [5, 5.41) is 1.97. The molecule has 0 N–H and O–H groups in total. The molecule has 3 heteroatoms. The molecule has 74 valence electrons. The first-order valence-electron chi connectivity index (χ1n) is 5.31. The van der Waals surface area contributed by atoms with Crippen molar-refractivity contribution >= 4 is 16.9 Å². The quantitative estimate of drug-likeness (QED) is 0.638. The number of aromatic nitrogens is 1. The lowest BCUT2D eigenvalue weighted by Gasteiger charge is -2.21. The smallest absolute Gasteiger partial charge is 0.168 e. The van der Waals surface area contributed by atoms with E-state index in [1.807, 2.05) is 11.8 Å². The van der Waals surface area contributed by atoms with E-state index < -0.39 is 0 Å². The molecule has 1 aromatic rings. The number of nitrogens with zero attached hydrogens (tertiary/aromatic N) is 2. The third-order valence-corrected chi connectivity index (χ3v) is 4.41. The molecule has 1 saturated carbocycles. The highest BCUT2D eigenvalue weighted by Gasteiger charge is 2.32. The summed E-state index contributed by atoms with van der Waals surface area (Å²) in [6.07, 6.45) is 9.57. The van der Waals surface area contributed by atoms with Gasteiger partial charge in [0.05, 0.1) is 6.04 Å². The van der Waals surface area contributed by atoms with E-state index in [2.05, 4.69) is 29.1 Å². The number of thioether (sulfide) groups is 1. The lowest BCUT2D eigenvalue weighted by atomic mass is 9.96. The van der Waals surface area contributed by atoms with E-state index in [9.17, 15) is 0 Å². The Labute approximate surface area is 88.4 Å². The molecule has 0 aromatic carbocycles. The average Bonchev–Trinajstić information content (AvgIpc) is 2.86. The number of aliphatic imine (C=N–C) groups is 1. The van der Waals surface area contributed by atoms with E-state index in [0.717, 1.165) is 5.25 Å². The average molecular weight is 206 g/mol. The molecule has 1 aliphatic carbocycles. The van der Waals surface area contributed by atoms with Crippen molar-refractivity contribution in [2.24, 2.45) is 4.99 Å². The molecule has 0 amide bonds. The van der Waals surface area contributed by atoms with Crippen molar-refractivity contribution in [1.29, 1.82) is 0 Å². The number of fused-ring (bicyclic) bond motifs is 1. The maximum absolute atomic E-state index is 4.80. The van der Waals surface area contributed by atoms with Gasteiger partial charge in [0.1, 0.15) is 0 Å². The Hall–Kier alpha value is -0.700. The molecule has 2 aliphatic rings. The van der Waals surface area contributed by atoms with Gasteiger partial charge in [0.25, 0.3) is 0 Å². The van der Waals surface area contributed by atoms with Crippen molar-refractivity contribution in [3.63, 3.8) is 0 Å². The van der Waals surface area contributed by atoms with Crippen LogP contribution in [-0.4, -0.2) is 21.0 Å². The van der Waals surface area contributed by atoms with Crippen LogP contribution in [0.25, 0.3) is 0 Å². The molecule has 0 bridgehead atoms. The zero-order valence-corrected chi connectivity index (χ0v) is 8.91. The Morgan fingerprint density at radius 1 is 1.21 bits per heavy atom. The van der Waals surface area contributed by atoms with Gasteiger partial charge in [0, 0.05) is 17.6 Å². The molecule has 0 spiro atoms. The second-order valence-electron chi connectivity index (χ2n) is 4.01. The van der Waals surface area contributed by atoms with E-state index in [4.69, 9.17) is 4.99 Å². The summed E-state index contributed by atoms with van der Waals surface area (Å²) in [5.41, 5.74) is 0. The van der Waals surface area contributed by atoms with Crippen LogP contribution in [0, 0.1) is 0 Å². The Morgan fingerprint density at radius 2 is 2.00 bits per heavy atom. The zero-order chi connectivity index (χ0) is 9.38. The van der Waals surface area contributed by atoms with E-state index in [0.29, 0.717) is 6.04 Å². The van der Waals surface area contributed by atoms with Crippen LogP contribution in [0.5, 0.6) is 0 Å². The summed E-state index contributed by atoms with van der Waals surface area (Å²) in [4.78, 5) is 4.80. The first kappa shape index (κ1) is 8.60. The van der Waals surface area contributed by atoms with Crippen LogP contribution in [0.3, 0.4) is 0 Å². The molecule has 1 aromatic heterocycles. The van der Waals surface area contributed by atoms with Crippen LogP contribution >= 0.6 is 11.8 Å². The molecule has 2 heterocycles. The maximum Gasteiger partial charge on any atom is 0.168 e. The Bertz CT molecular complexity index is 342. The Morgan fingerprint density at radius 3 is 2.79 bits per heavy atom. The van der Waals surface area contributed by atoms with Gasteiger partial charge in [-0.15, -0.1) is 0 Å². The van der Waals surface area contributed by atoms with Crippen LogP contribution in [0.1, 0.15) is 25.7 Å². The Balaban J connectivity index is 1.83. The van der Waals surface area contributed by atoms with Crippen LogP contribution in [0.4, 0.5) is 0 Å². The lowest BCUT2D eigenvalue weighted by Crippen LogP contribution is -2.21. The van der Waals surface area contributed by atoms with Gasteiger partial charge in [-0.25, -0.2) is 0 Å². The zero-order valence-electron chi connectivity index (χ0n) is 8.10. The molecule has 1 fully saturated rings. The summed E-state index contributed by atoms with van der Waals surface area (Å²) < 4.78 is 2.14. The van der Waals surface area contributed by atoms with Gasteiger partial charge in [-0.3, -0.25) is 4.99 Å². The molecule has 0 saturated heterocycles. The number of hydrogen-bond acceptors (Lipinski definition) is 2. The van der Waals surface area contributed by atoms with E-state index in [-0.39, 0.29) is 0 Å². The summed E-state index contributed by atoms with van der Waals surface area (Å²) in [6, 6.07) is 4.72. The van der Waals surface area contributed by atoms with Gasteiger partial charge in [0.15, 0.2) is 5.17 Å². The lowest BCUT2D eigenvalue weighted by molar-refractivity contribution is 0.461. The van der Waals surface area contributed by atoms with Crippen LogP contribution < -0.4 is 0 Å². The summed E-state index contributed by atoms with van der Waals surface area (Å²) in [6.45, 7) is 0. The molecule has 14 heavy (non-hydrogen) atoms. The van der Waals surface area contributed by atoms with Gasteiger partial charge in [-0.1, -0.05) is 24.6 Å². The van der Waals surface area contributed by atoms with Gasteiger partial charge >= 0.3 is 0 Å². The van der Waals surface area contributed by atoms with Crippen molar-refractivity contribution in [1.82, 2.24) is 4.57 Å². The predicted octanol–water partition coefficient (Wildman–Crippen LogP) is 2.75. The molecule has 2 atom stereocenters. The molecule has 2 nitrogen and oxygen atoms in total. The highest BCUT2D eigenvalue weighted by atomic mass is 32.2. The minimum atomic E-state index is 0.603. The first-order valence-corrected chi connectivity index (χ1v) is 6.19. The minimum absolute atomic E-state index is 0.603. The monoisotopic (exact) mass is 206 g/mol. The van der Waals surface area contributed by atoms with Gasteiger partial charge in [0.2, 0.25) is 0 Å². The van der Waals surface area contributed by atoms with E-state index in [1.165, 1.54) is 30.9 Å². The topological polar surface area (TPSA) is 17.3 Å². The van der Waals surface area contributed by atoms with E-state index in [1.54, 1.807) is 0 Å². The fraction of sp³-hybridized carbons (Fsp3) is 0.545. The van der Waals surface area contributed by atoms with Crippen LogP contribution in [0.2, 0.25) is 0 Å². The molecular formula is C11H14N2S. The summed E-state index contributed by atoms with van der Waals surface area (Å²) in [5.74, 6) is 0. The predicted molar refractivity (Wildman–Crippen MR) is 60.9 cm³/mol. The minimum Gasteiger partial charge on any atom is -0.303 e. The second kappa shape index (κ2) is 3.46. The standard InChI is InChI=1S/C11H14N2S/c1-2-6-10-9(5-1)12-11(14-10)13-7-3-4-8-13/h3-4,7-10H,1-2,5-6H2/t9-,10-/m1/s1. The second-order valence-corrected chi connectivity index (χ2v) is 5.22. The first-order chi connectivity index (χ1) is 6.93. The van der Waals surface area contributed by atoms with Crippen LogP contribution in [0.15, 0.2) is 29.5 Å². The highest BCUT2D eigenvalue weighted by Crippen LogP contribution is 2.37.